The van der Waals surface area contributed by atoms with Crippen LogP contribution < -0.4 is 5.73 Å². The van der Waals surface area contributed by atoms with Crippen LogP contribution in [0.5, 0.6) is 0 Å². The third-order valence-electron chi connectivity index (χ3n) is 3.42. The number of rotatable bonds is 2. The molecule has 1 saturated heterocycles. The second-order valence-electron chi connectivity index (χ2n) is 4.85. The van der Waals surface area contributed by atoms with Crippen molar-refractivity contribution in [1.29, 1.82) is 0 Å². The SMILES string of the molecule is CC1CC(N)CCN1Cc1ccc(F)c(Br)c1. The molecule has 4 heteroatoms. The quantitative estimate of drug-likeness (QED) is 0.910. The molecule has 1 aliphatic rings. The molecule has 0 spiro atoms. The van der Waals surface area contributed by atoms with Gasteiger partial charge in [0.25, 0.3) is 0 Å². The zero-order valence-corrected chi connectivity index (χ0v) is 11.6. The summed E-state index contributed by atoms with van der Waals surface area (Å²) in [4.78, 5) is 2.41. The Morgan fingerprint density at radius 3 is 2.94 bits per heavy atom. The van der Waals surface area contributed by atoms with Crippen molar-refractivity contribution in [2.75, 3.05) is 6.54 Å². The molecule has 0 amide bonds. The van der Waals surface area contributed by atoms with Crippen molar-refractivity contribution in [2.24, 2.45) is 5.73 Å². The molecule has 2 atom stereocenters. The summed E-state index contributed by atoms with van der Waals surface area (Å²) < 4.78 is 13.7. The summed E-state index contributed by atoms with van der Waals surface area (Å²) in [5, 5.41) is 0. The molecule has 2 N–H and O–H groups in total. The molecule has 1 aliphatic heterocycles. The lowest BCUT2D eigenvalue weighted by Gasteiger charge is -2.36. The normalized spacial score (nSPS) is 26.1. The lowest BCUT2D eigenvalue weighted by molar-refractivity contribution is 0.140. The highest BCUT2D eigenvalue weighted by atomic mass is 79.9. The zero-order chi connectivity index (χ0) is 12.4. The summed E-state index contributed by atoms with van der Waals surface area (Å²) in [5.74, 6) is -0.206. The molecule has 2 rings (SSSR count). The number of piperidine rings is 1. The minimum absolute atomic E-state index is 0.206. The summed E-state index contributed by atoms with van der Waals surface area (Å²) in [5.41, 5.74) is 7.08. The van der Waals surface area contributed by atoms with Gasteiger partial charge in [0.15, 0.2) is 0 Å². The Balaban J connectivity index is 2.02. The van der Waals surface area contributed by atoms with Gasteiger partial charge in [-0.2, -0.15) is 0 Å². The van der Waals surface area contributed by atoms with Crippen LogP contribution in [-0.2, 0) is 6.54 Å². The van der Waals surface area contributed by atoms with Crippen molar-refractivity contribution in [3.8, 4) is 0 Å². The van der Waals surface area contributed by atoms with Crippen molar-refractivity contribution < 1.29 is 4.39 Å². The topological polar surface area (TPSA) is 29.3 Å². The summed E-state index contributed by atoms with van der Waals surface area (Å²) in [6, 6.07) is 6.06. The Kier molecular flexibility index (Phi) is 4.17. The van der Waals surface area contributed by atoms with Gasteiger partial charge in [0.05, 0.1) is 4.47 Å². The van der Waals surface area contributed by atoms with E-state index in [9.17, 15) is 4.39 Å². The van der Waals surface area contributed by atoms with E-state index < -0.39 is 0 Å². The number of hydrogen-bond acceptors (Lipinski definition) is 2. The fraction of sp³-hybridized carbons (Fsp3) is 0.538. The Labute approximate surface area is 110 Å². The summed E-state index contributed by atoms with van der Waals surface area (Å²) in [7, 11) is 0. The van der Waals surface area contributed by atoms with Gasteiger partial charge in [0.2, 0.25) is 0 Å². The largest absolute Gasteiger partial charge is 0.328 e. The number of nitrogens with zero attached hydrogens (tertiary/aromatic N) is 1. The first-order chi connectivity index (χ1) is 8.06. The Hall–Kier alpha value is -0.450. The fourth-order valence-electron chi connectivity index (χ4n) is 2.36. The molecule has 0 radical (unpaired) electrons. The van der Waals surface area contributed by atoms with Crippen molar-refractivity contribution in [3.63, 3.8) is 0 Å². The van der Waals surface area contributed by atoms with Gasteiger partial charge >= 0.3 is 0 Å². The van der Waals surface area contributed by atoms with Crippen LogP contribution in [0.25, 0.3) is 0 Å². The van der Waals surface area contributed by atoms with E-state index in [2.05, 4.69) is 27.8 Å². The molecule has 1 fully saturated rings. The molecule has 1 aromatic carbocycles. The molecule has 1 heterocycles. The Morgan fingerprint density at radius 2 is 2.29 bits per heavy atom. The number of hydrogen-bond donors (Lipinski definition) is 1. The van der Waals surface area contributed by atoms with Crippen LogP contribution in [0.1, 0.15) is 25.3 Å². The maximum Gasteiger partial charge on any atom is 0.137 e. The molecule has 2 unspecified atom stereocenters. The molecule has 94 valence electrons. The van der Waals surface area contributed by atoms with E-state index in [4.69, 9.17) is 5.73 Å². The van der Waals surface area contributed by atoms with Crippen LogP contribution in [0.15, 0.2) is 22.7 Å². The Bertz CT molecular complexity index is 397. The Morgan fingerprint density at radius 1 is 1.53 bits per heavy atom. The summed E-state index contributed by atoms with van der Waals surface area (Å²) >= 11 is 3.22. The van der Waals surface area contributed by atoms with E-state index in [1.54, 1.807) is 0 Å². The monoisotopic (exact) mass is 300 g/mol. The van der Waals surface area contributed by atoms with Gasteiger partial charge in [-0.15, -0.1) is 0 Å². The van der Waals surface area contributed by atoms with Gasteiger partial charge in [0.1, 0.15) is 5.82 Å². The van der Waals surface area contributed by atoms with Crippen LogP contribution in [0.3, 0.4) is 0 Å². The third kappa shape index (κ3) is 3.27. The minimum Gasteiger partial charge on any atom is -0.328 e. The maximum absolute atomic E-state index is 13.1. The standard InChI is InChI=1S/C13H18BrFN2/c1-9-6-11(16)4-5-17(9)8-10-2-3-13(15)12(14)7-10/h2-3,7,9,11H,4-6,8,16H2,1H3. The smallest absolute Gasteiger partial charge is 0.137 e. The maximum atomic E-state index is 13.1. The van der Waals surface area contributed by atoms with Gasteiger partial charge in [0, 0.05) is 25.2 Å². The fourth-order valence-corrected chi connectivity index (χ4v) is 2.79. The molecule has 0 aromatic heterocycles. The van der Waals surface area contributed by atoms with Gasteiger partial charge in [-0.25, -0.2) is 4.39 Å². The van der Waals surface area contributed by atoms with Crippen LogP contribution >= 0.6 is 15.9 Å². The molecular formula is C13H18BrFN2. The second kappa shape index (κ2) is 5.46. The average Bonchev–Trinajstić information content (AvgIpc) is 2.27. The molecule has 2 nitrogen and oxygen atoms in total. The van der Waals surface area contributed by atoms with Crippen LogP contribution in [-0.4, -0.2) is 23.5 Å². The molecular weight excluding hydrogens is 283 g/mol. The average molecular weight is 301 g/mol. The first kappa shape index (κ1) is 13.0. The van der Waals surface area contributed by atoms with Gasteiger partial charge < -0.3 is 5.73 Å². The van der Waals surface area contributed by atoms with Crippen molar-refractivity contribution in [1.82, 2.24) is 4.90 Å². The molecule has 17 heavy (non-hydrogen) atoms. The second-order valence-corrected chi connectivity index (χ2v) is 5.71. The van der Waals surface area contributed by atoms with Crippen LogP contribution in [0.4, 0.5) is 4.39 Å². The number of likely N-dealkylation sites (tertiary alicyclic amines) is 1. The molecule has 1 aromatic rings. The van der Waals surface area contributed by atoms with E-state index in [0.717, 1.165) is 31.5 Å². The lowest BCUT2D eigenvalue weighted by atomic mass is 9.98. The van der Waals surface area contributed by atoms with Crippen molar-refractivity contribution in [2.45, 2.75) is 38.4 Å². The number of nitrogens with two attached hydrogens (primary N) is 1. The summed E-state index contributed by atoms with van der Waals surface area (Å²) in [6.45, 7) is 4.10. The van der Waals surface area contributed by atoms with E-state index in [1.165, 1.54) is 6.07 Å². The summed E-state index contributed by atoms with van der Waals surface area (Å²) in [6.07, 6.45) is 2.09. The molecule has 0 bridgehead atoms. The van der Waals surface area contributed by atoms with E-state index >= 15 is 0 Å². The van der Waals surface area contributed by atoms with Gasteiger partial charge in [-0.05, 0) is 53.4 Å². The van der Waals surface area contributed by atoms with E-state index in [0.29, 0.717) is 16.6 Å². The van der Waals surface area contributed by atoms with Crippen molar-refractivity contribution >= 4 is 15.9 Å². The predicted molar refractivity (Wildman–Crippen MR) is 71.2 cm³/mol. The van der Waals surface area contributed by atoms with Crippen LogP contribution in [0.2, 0.25) is 0 Å². The minimum atomic E-state index is -0.206. The molecule has 0 saturated carbocycles. The highest BCUT2D eigenvalue weighted by Crippen LogP contribution is 2.21. The first-order valence-electron chi connectivity index (χ1n) is 6.00. The number of benzene rings is 1. The van der Waals surface area contributed by atoms with E-state index in [1.807, 2.05) is 12.1 Å². The van der Waals surface area contributed by atoms with Gasteiger partial charge in [-0.1, -0.05) is 6.07 Å². The highest BCUT2D eigenvalue weighted by Gasteiger charge is 2.23. The third-order valence-corrected chi connectivity index (χ3v) is 4.03. The van der Waals surface area contributed by atoms with Gasteiger partial charge in [-0.3, -0.25) is 4.90 Å². The van der Waals surface area contributed by atoms with Crippen LogP contribution in [0, 0.1) is 5.82 Å². The zero-order valence-electron chi connectivity index (χ0n) is 10.00. The highest BCUT2D eigenvalue weighted by molar-refractivity contribution is 9.10. The molecule has 0 aliphatic carbocycles. The predicted octanol–water partition coefficient (Wildman–Crippen LogP) is 2.90. The lowest BCUT2D eigenvalue weighted by Crippen LogP contribution is -2.44. The number of halogens is 2. The van der Waals surface area contributed by atoms with Crippen molar-refractivity contribution in [3.05, 3.63) is 34.1 Å². The first-order valence-corrected chi connectivity index (χ1v) is 6.79. The van der Waals surface area contributed by atoms with E-state index in [-0.39, 0.29) is 5.82 Å².